The minimum Gasteiger partial charge on any atom is -0.461 e. The van der Waals surface area contributed by atoms with Gasteiger partial charge in [-0.2, -0.15) is 15.0 Å². The van der Waals surface area contributed by atoms with E-state index >= 15 is 0 Å². The lowest BCUT2D eigenvalue weighted by atomic mass is 10.1. The molecule has 0 aliphatic rings. The fourth-order valence-corrected chi connectivity index (χ4v) is 2.05. The Bertz CT molecular complexity index is 783. The molecule has 21 heavy (non-hydrogen) atoms. The minimum atomic E-state index is -0.0335. The van der Waals surface area contributed by atoms with Crippen LogP contribution in [0.3, 0.4) is 0 Å². The molecule has 2 heterocycles. The third-order valence-electron chi connectivity index (χ3n) is 2.86. The molecule has 0 fully saturated rings. The van der Waals surface area contributed by atoms with Crippen molar-refractivity contribution in [2.45, 2.75) is 20.0 Å². The van der Waals surface area contributed by atoms with Crippen LogP contribution in [0.1, 0.15) is 13.8 Å². The van der Waals surface area contributed by atoms with Crippen molar-refractivity contribution in [2.24, 2.45) is 0 Å². The van der Waals surface area contributed by atoms with Crippen LogP contribution in [-0.2, 0) is 0 Å². The Labute approximate surface area is 122 Å². The normalized spacial score (nSPS) is 11.0. The van der Waals surface area contributed by atoms with Crippen LogP contribution in [0.5, 0.6) is 6.01 Å². The number of fused-ring (bicyclic) bond motifs is 1. The first kappa shape index (κ1) is 13.2. The molecule has 3 rings (SSSR count). The Kier molecular flexibility index (Phi) is 3.35. The highest BCUT2D eigenvalue weighted by molar-refractivity contribution is 5.92. The molecule has 2 N–H and O–H groups in total. The van der Waals surface area contributed by atoms with Gasteiger partial charge >= 0.3 is 6.01 Å². The Morgan fingerprint density at radius 3 is 2.71 bits per heavy atom. The molecule has 0 atom stereocenters. The zero-order chi connectivity index (χ0) is 14.8. The summed E-state index contributed by atoms with van der Waals surface area (Å²) in [5, 5.41) is 0.959. The second-order valence-corrected chi connectivity index (χ2v) is 4.84. The molecule has 0 amide bonds. The Hall–Kier alpha value is -2.76. The lowest BCUT2D eigenvalue weighted by Gasteiger charge is -2.10. The van der Waals surface area contributed by atoms with E-state index in [1.165, 1.54) is 0 Å². The SMILES string of the molecule is CC(C)Oc1nc(N)nc(-c2cccc3ncccc23)n1. The van der Waals surface area contributed by atoms with Gasteiger partial charge < -0.3 is 10.5 Å². The van der Waals surface area contributed by atoms with Crippen molar-refractivity contribution < 1.29 is 4.74 Å². The van der Waals surface area contributed by atoms with Crippen molar-refractivity contribution in [1.29, 1.82) is 0 Å². The number of benzene rings is 1. The van der Waals surface area contributed by atoms with Gasteiger partial charge in [-0.1, -0.05) is 18.2 Å². The smallest absolute Gasteiger partial charge is 0.322 e. The molecule has 0 radical (unpaired) electrons. The van der Waals surface area contributed by atoms with E-state index < -0.39 is 0 Å². The summed E-state index contributed by atoms with van der Waals surface area (Å²) < 4.78 is 5.51. The van der Waals surface area contributed by atoms with Crippen LogP contribution in [0.25, 0.3) is 22.3 Å². The second kappa shape index (κ2) is 5.32. The largest absolute Gasteiger partial charge is 0.461 e. The van der Waals surface area contributed by atoms with Crippen molar-refractivity contribution in [1.82, 2.24) is 19.9 Å². The van der Waals surface area contributed by atoms with Crippen LogP contribution >= 0.6 is 0 Å². The predicted molar refractivity (Wildman–Crippen MR) is 80.7 cm³/mol. The van der Waals surface area contributed by atoms with Crippen LogP contribution in [0.2, 0.25) is 0 Å². The van der Waals surface area contributed by atoms with Crippen LogP contribution < -0.4 is 10.5 Å². The number of aromatic nitrogens is 4. The molecule has 0 aliphatic carbocycles. The molecule has 0 spiro atoms. The molecule has 6 nitrogen and oxygen atoms in total. The Balaban J connectivity index is 2.16. The summed E-state index contributed by atoms with van der Waals surface area (Å²) >= 11 is 0. The maximum atomic E-state index is 5.76. The van der Waals surface area contributed by atoms with Gasteiger partial charge in [0.25, 0.3) is 0 Å². The number of nitrogen functional groups attached to an aromatic ring is 1. The molecule has 3 aromatic rings. The maximum absolute atomic E-state index is 5.76. The molecular weight excluding hydrogens is 266 g/mol. The summed E-state index contributed by atoms with van der Waals surface area (Å²) in [5.74, 6) is 0.619. The van der Waals surface area contributed by atoms with Gasteiger partial charge in [-0.25, -0.2) is 0 Å². The summed E-state index contributed by atoms with van der Waals surface area (Å²) in [7, 11) is 0. The van der Waals surface area contributed by atoms with E-state index in [-0.39, 0.29) is 18.1 Å². The number of nitrogens with two attached hydrogens (primary N) is 1. The highest BCUT2D eigenvalue weighted by Gasteiger charge is 2.11. The standard InChI is InChI=1S/C15H15N5O/c1-9(2)21-15-19-13(18-14(16)20-15)11-5-3-7-12-10(11)6-4-8-17-12/h3-9H,1-2H3,(H2,16,18,19,20). The number of rotatable bonds is 3. The number of hydrogen-bond acceptors (Lipinski definition) is 6. The molecule has 106 valence electrons. The molecule has 0 bridgehead atoms. The number of hydrogen-bond donors (Lipinski definition) is 1. The molecular formula is C15H15N5O. The number of pyridine rings is 1. The zero-order valence-corrected chi connectivity index (χ0v) is 11.8. The summed E-state index contributed by atoms with van der Waals surface area (Å²) in [6.45, 7) is 3.81. The van der Waals surface area contributed by atoms with Gasteiger partial charge in [0, 0.05) is 17.1 Å². The molecule has 6 heteroatoms. The minimum absolute atomic E-state index is 0.0335. The highest BCUT2D eigenvalue weighted by atomic mass is 16.5. The monoisotopic (exact) mass is 281 g/mol. The summed E-state index contributed by atoms with van der Waals surface area (Å²) in [4.78, 5) is 16.9. The van der Waals surface area contributed by atoms with E-state index in [2.05, 4.69) is 19.9 Å². The van der Waals surface area contributed by atoms with E-state index in [0.29, 0.717) is 5.82 Å². The predicted octanol–water partition coefficient (Wildman–Crippen LogP) is 2.46. The van der Waals surface area contributed by atoms with Crippen molar-refractivity contribution in [3.63, 3.8) is 0 Å². The summed E-state index contributed by atoms with van der Waals surface area (Å²) in [5.41, 5.74) is 7.48. The van der Waals surface area contributed by atoms with Crippen LogP contribution in [0, 0.1) is 0 Å². The first-order valence-electron chi connectivity index (χ1n) is 6.66. The topological polar surface area (TPSA) is 86.8 Å². The molecule has 0 saturated heterocycles. The maximum Gasteiger partial charge on any atom is 0.322 e. The van der Waals surface area contributed by atoms with Gasteiger partial charge in [-0.15, -0.1) is 0 Å². The second-order valence-electron chi connectivity index (χ2n) is 4.84. The molecule has 0 unspecified atom stereocenters. The lowest BCUT2D eigenvalue weighted by Crippen LogP contribution is -2.11. The van der Waals surface area contributed by atoms with Gasteiger partial charge in [0.2, 0.25) is 5.95 Å². The average molecular weight is 281 g/mol. The third kappa shape index (κ3) is 2.74. The van der Waals surface area contributed by atoms with E-state index in [1.54, 1.807) is 6.20 Å². The van der Waals surface area contributed by atoms with E-state index in [1.807, 2.05) is 44.2 Å². The van der Waals surface area contributed by atoms with Crippen molar-refractivity contribution in [3.8, 4) is 17.4 Å². The van der Waals surface area contributed by atoms with Gasteiger partial charge in [0.15, 0.2) is 5.82 Å². The van der Waals surface area contributed by atoms with Crippen LogP contribution in [0.4, 0.5) is 5.95 Å². The first-order valence-corrected chi connectivity index (χ1v) is 6.66. The number of anilines is 1. The van der Waals surface area contributed by atoms with Gasteiger partial charge in [-0.05, 0) is 26.0 Å². The van der Waals surface area contributed by atoms with Crippen molar-refractivity contribution >= 4 is 16.9 Å². The van der Waals surface area contributed by atoms with E-state index in [9.17, 15) is 0 Å². The molecule has 0 saturated carbocycles. The van der Waals surface area contributed by atoms with E-state index in [0.717, 1.165) is 16.5 Å². The lowest BCUT2D eigenvalue weighted by molar-refractivity contribution is 0.222. The van der Waals surface area contributed by atoms with Gasteiger partial charge in [0.1, 0.15) is 0 Å². The molecule has 0 aliphatic heterocycles. The highest BCUT2D eigenvalue weighted by Crippen LogP contribution is 2.26. The number of ether oxygens (including phenoxy) is 1. The van der Waals surface area contributed by atoms with Crippen LogP contribution in [-0.4, -0.2) is 26.0 Å². The van der Waals surface area contributed by atoms with Gasteiger partial charge in [-0.3, -0.25) is 4.98 Å². The van der Waals surface area contributed by atoms with Gasteiger partial charge in [0.05, 0.1) is 11.6 Å². The first-order chi connectivity index (χ1) is 10.1. The quantitative estimate of drug-likeness (QED) is 0.793. The Morgan fingerprint density at radius 1 is 1.05 bits per heavy atom. The molecule has 1 aromatic carbocycles. The summed E-state index contributed by atoms with van der Waals surface area (Å²) in [6.07, 6.45) is 1.72. The van der Waals surface area contributed by atoms with E-state index in [4.69, 9.17) is 10.5 Å². The average Bonchev–Trinajstić information content (AvgIpc) is 2.45. The number of nitrogens with zero attached hydrogens (tertiary/aromatic N) is 4. The third-order valence-corrected chi connectivity index (χ3v) is 2.86. The van der Waals surface area contributed by atoms with Crippen molar-refractivity contribution in [3.05, 3.63) is 36.5 Å². The van der Waals surface area contributed by atoms with Crippen LogP contribution in [0.15, 0.2) is 36.5 Å². The zero-order valence-electron chi connectivity index (χ0n) is 11.8. The fourth-order valence-electron chi connectivity index (χ4n) is 2.05. The Morgan fingerprint density at radius 2 is 1.90 bits per heavy atom. The fraction of sp³-hybridized carbons (Fsp3) is 0.200. The summed E-state index contributed by atoms with van der Waals surface area (Å²) in [6, 6.07) is 9.86. The molecule has 2 aromatic heterocycles. The van der Waals surface area contributed by atoms with Crippen molar-refractivity contribution in [2.75, 3.05) is 5.73 Å².